The zero-order chi connectivity index (χ0) is 33.2. The monoisotopic (exact) mass is 650 g/mol. The third kappa shape index (κ3) is 3.54. The summed E-state index contributed by atoms with van der Waals surface area (Å²) < 4.78 is 11.0. The van der Waals surface area contributed by atoms with Crippen molar-refractivity contribution in [3.63, 3.8) is 0 Å². The minimum atomic E-state index is 0.643. The number of nitrogens with zero attached hydrogens (tertiary/aromatic N) is 4. The fourth-order valence-corrected chi connectivity index (χ4v) is 8.60. The second kappa shape index (κ2) is 9.80. The molecular weight excluding hydrogens is 625 g/mol. The number of hydrogen-bond donors (Lipinski definition) is 0. The van der Waals surface area contributed by atoms with E-state index in [-0.39, 0.29) is 0 Å². The minimum Gasteiger partial charge on any atom is -0.456 e. The van der Waals surface area contributed by atoms with Gasteiger partial charge in [0.2, 0.25) is 5.95 Å². The van der Waals surface area contributed by atoms with E-state index in [0.717, 1.165) is 50.4 Å². The summed E-state index contributed by atoms with van der Waals surface area (Å²) in [6.07, 6.45) is 0. The quantitative estimate of drug-likeness (QED) is 0.175. The van der Waals surface area contributed by atoms with Crippen LogP contribution in [0.5, 0.6) is 11.5 Å². The average Bonchev–Trinajstić information content (AvgIpc) is 3.71. The van der Waals surface area contributed by atoms with Gasteiger partial charge in [0.25, 0.3) is 0 Å². The maximum Gasteiger partial charge on any atom is 0.235 e. The third-order valence-electron chi connectivity index (χ3n) is 10.7. The summed E-state index contributed by atoms with van der Waals surface area (Å²) in [6, 6.07) is 56.0. The molecule has 0 spiro atoms. The van der Waals surface area contributed by atoms with E-state index in [9.17, 15) is 0 Å². The molecule has 236 valence electrons. The van der Waals surface area contributed by atoms with Crippen LogP contribution in [0.4, 0.5) is 0 Å². The zero-order valence-electron chi connectivity index (χ0n) is 27.2. The maximum absolute atomic E-state index is 6.30. The summed E-state index contributed by atoms with van der Waals surface area (Å²) in [7, 11) is 0. The Morgan fingerprint density at radius 3 is 1.98 bits per heavy atom. The molecule has 0 N–H and O–H groups in total. The van der Waals surface area contributed by atoms with E-state index in [1.807, 2.05) is 30.3 Å². The van der Waals surface area contributed by atoms with E-state index in [1.165, 1.54) is 54.1 Å². The van der Waals surface area contributed by atoms with Crippen molar-refractivity contribution in [2.24, 2.45) is 0 Å². The van der Waals surface area contributed by atoms with Crippen molar-refractivity contribution in [3.8, 4) is 34.4 Å². The van der Waals surface area contributed by atoms with Crippen LogP contribution in [0, 0.1) is 0 Å². The van der Waals surface area contributed by atoms with Crippen LogP contribution in [0.2, 0.25) is 0 Å². The molecule has 0 bridgehead atoms. The van der Waals surface area contributed by atoms with Crippen LogP contribution in [-0.2, 0) is 0 Å². The standard InChI is InChI=1S/C46H26N4O/c1-2-11-28(12-3-1)49-36-17-7-4-13-29(36)32-24-22-27-21-23-31-30(41(27)45(32)49)25-26-38-42(31)33-14-5-8-18-37(33)50(38)46-47-35-16-10-20-40-43(35)44(48-46)34-15-6-9-19-39(34)51-40/h1-26H. The van der Waals surface area contributed by atoms with Crippen LogP contribution < -0.4 is 4.74 Å². The molecule has 11 aromatic rings. The molecule has 1 aliphatic heterocycles. The Hall–Kier alpha value is -6.98. The second-order valence-electron chi connectivity index (χ2n) is 13.3. The Balaban J connectivity index is 1.22. The lowest BCUT2D eigenvalue weighted by Crippen LogP contribution is -2.06. The zero-order valence-corrected chi connectivity index (χ0v) is 27.2. The van der Waals surface area contributed by atoms with Gasteiger partial charge in [-0.1, -0.05) is 103 Å². The van der Waals surface area contributed by atoms with Gasteiger partial charge in [-0.15, -0.1) is 0 Å². The van der Waals surface area contributed by atoms with Crippen molar-refractivity contribution in [1.29, 1.82) is 0 Å². The molecule has 0 radical (unpaired) electrons. The summed E-state index contributed by atoms with van der Waals surface area (Å²) in [5.41, 5.74) is 8.44. The fraction of sp³-hybridized carbons (Fsp3) is 0. The summed E-state index contributed by atoms with van der Waals surface area (Å²) in [5.74, 6) is 2.23. The van der Waals surface area contributed by atoms with Crippen molar-refractivity contribution in [2.45, 2.75) is 0 Å². The summed E-state index contributed by atoms with van der Waals surface area (Å²) in [4.78, 5) is 10.5. The largest absolute Gasteiger partial charge is 0.456 e. The number of hydrogen-bond acceptors (Lipinski definition) is 3. The molecule has 51 heavy (non-hydrogen) atoms. The van der Waals surface area contributed by atoms with E-state index in [0.29, 0.717) is 5.95 Å². The minimum absolute atomic E-state index is 0.643. The molecule has 12 rings (SSSR count). The maximum atomic E-state index is 6.30. The first-order chi connectivity index (χ1) is 25.3. The van der Waals surface area contributed by atoms with E-state index in [2.05, 4.69) is 137 Å². The van der Waals surface area contributed by atoms with Crippen molar-refractivity contribution < 1.29 is 4.74 Å². The predicted molar refractivity (Wildman–Crippen MR) is 209 cm³/mol. The smallest absolute Gasteiger partial charge is 0.235 e. The number of ether oxygens (including phenoxy) is 1. The Morgan fingerprint density at radius 1 is 0.412 bits per heavy atom. The van der Waals surface area contributed by atoms with Gasteiger partial charge in [0.15, 0.2) is 0 Å². The van der Waals surface area contributed by atoms with Crippen molar-refractivity contribution in [1.82, 2.24) is 19.1 Å². The lowest BCUT2D eigenvalue weighted by Gasteiger charge is -2.21. The molecule has 0 amide bonds. The van der Waals surface area contributed by atoms with Gasteiger partial charge >= 0.3 is 0 Å². The van der Waals surface area contributed by atoms with Crippen LogP contribution >= 0.6 is 0 Å². The van der Waals surface area contributed by atoms with Crippen LogP contribution in [0.3, 0.4) is 0 Å². The van der Waals surface area contributed by atoms with Gasteiger partial charge < -0.3 is 9.30 Å². The normalized spacial score (nSPS) is 12.5. The van der Waals surface area contributed by atoms with E-state index in [4.69, 9.17) is 14.7 Å². The first-order valence-electron chi connectivity index (χ1n) is 17.3. The fourth-order valence-electron chi connectivity index (χ4n) is 8.60. The second-order valence-corrected chi connectivity index (χ2v) is 13.3. The van der Waals surface area contributed by atoms with Crippen LogP contribution in [0.1, 0.15) is 0 Å². The molecule has 0 saturated carbocycles. The van der Waals surface area contributed by atoms with Gasteiger partial charge in [-0.25, -0.2) is 9.97 Å². The number of fused-ring (bicyclic) bond motifs is 13. The molecule has 8 aromatic carbocycles. The van der Waals surface area contributed by atoms with Gasteiger partial charge in [-0.2, -0.15) is 0 Å². The molecule has 4 heterocycles. The summed E-state index contributed by atoms with van der Waals surface area (Å²) in [6.45, 7) is 0. The van der Waals surface area contributed by atoms with Crippen molar-refractivity contribution >= 4 is 76.1 Å². The highest BCUT2D eigenvalue weighted by molar-refractivity contribution is 6.31. The molecule has 0 fully saturated rings. The topological polar surface area (TPSA) is 44.9 Å². The number of benzene rings is 8. The highest BCUT2D eigenvalue weighted by Gasteiger charge is 2.25. The van der Waals surface area contributed by atoms with Crippen molar-refractivity contribution in [2.75, 3.05) is 0 Å². The average molecular weight is 651 g/mol. The predicted octanol–water partition coefficient (Wildman–Crippen LogP) is 11.9. The highest BCUT2D eigenvalue weighted by Crippen LogP contribution is 2.47. The number of rotatable bonds is 2. The van der Waals surface area contributed by atoms with Gasteiger partial charge in [-0.05, 0) is 70.8 Å². The molecule has 5 nitrogen and oxygen atoms in total. The van der Waals surface area contributed by atoms with Crippen LogP contribution in [-0.4, -0.2) is 19.1 Å². The SMILES string of the molecule is c1ccc(-n2c3ccccc3c3ccc4ccc5c(ccc6c5c5ccccc5n6-c5nc6c7c(cccc7n5)Oc5ccccc5-6)c4c32)cc1. The van der Waals surface area contributed by atoms with E-state index < -0.39 is 0 Å². The van der Waals surface area contributed by atoms with Gasteiger partial charge in [0.1, 0.15) is 11.5 Å². The summed E-state index contributed by atoms with van der Waals surface area (Å²) >= 11 is 0. The molecule has 1 aliphatic rings. The van der Waals surface area contributed by atoms with Crippen LogP contribution in [0.25, 0.3) is 99.0 Å². The molecule has 0 aliphatic carbocycles. The Labute approximate surface area is 291 Å². The van der Waals surface area contributed by atoms with E-state index >= 15 is 0 Å². The lowest BCUT2D eigenvalue weighted by atomic mass is 9.96. The highest BCUT2D eigenvalue weighted by atomic mass is 16.5. The number of aromatic nitrogens is 4. The lowest BCUT2D eigenvalue weighted by molar-refractivity contribution is 0.486. The van der Waals surface area contributed by atoms with Gasteiger partial charge in [0, 0.05) is 38.2 Å². The molecule has 0 saturated heterocycles. The Kier molecular flexibility index (Phi) is 5.17. The van der Waals surface area contributed by atoms with Crippen molar-refractivity contribution in [3.05, 3.63) is 158 Å². The Morgan fingerprint density at radius 2 is 1.10 bits per heavy atom. The van der Waals surface area contributed by atoms with E-state index in [1.54, 1.807) is 0 Å². The molecule has 0 atom stereocenters. The molecule has 3 aromatic heterocycles. The molecule has 0 unspecified atom stereocenters. The van der Waals surface area contributed by atoms with Gasteiger partial charge in [-0.3, -0.25) is 4.57 Å². The molecular formula is C46H26N4O. The first-order valence-corrected chi connectivity index (χ1v) is 17.3. The third-order valence-corrected chi connectivity index (χ3v) is 10.7. The number of para-hydroxylation sites is 4. The van der Waals surface area contributed by atoms with Crippen LogP contribution in [0.15, 0.2) is 158 Å². The molecule has 5 heteroatoms. The first kappa shape index (κ1) is 26.9. The van der Waals surface area contributed by atoms with Gasteiger partial charge in [0.05, 0.1) is 38.7 Å². The summed E-state index contributed by atoms with van der Waals surface area (Å²) in [5, 5.41) is 10.7. The Bertz CT molecular complexity index is 3280.